The quantitative estimate of drug-likeness (QED) is 0.780. The van der Waals surface area contributed by atoms with Crippen LogP contribution in [0.5, 0.6) is 5.75 Å². The van der Waals surface area contributed by atoms with Crippen LogP contribution in [0.2, 0.25) is 0 Å². The second-order valence-corrected chi connectivity index (χ2v) is 5.01. The van der Waals surface area contributed by atoms with E-state index in [1.165, 1.54) is 4.90 Å². The molecule has 1 aliphatic rings. The summed E-state index contributed by atoms with van der Waals surface area (Å²) in [6.07, 6.45) is -0.109. The van der Waals surface area contributed by atoms with Crippen LogP contribution in [0.3, 0.4) is 0 Å². The molecule has 0 bridgehead atoms. The number of methoxy groups -OCH3 is 1. The van der Waals surface area contributed by atoms with Crippen molar-refractivity contribution in [3.8, 4) is 5.75 Å². The number of nitrogens with one attached hydrogen (secondary N) is 1. The maximum Gasteiger partial charge on any atom is 0.338 e. The normalized spacial score (nSPS) is 17.5. The van der Waals surface area contributed by atoms with Crippen molar-refractivity contribution < 1.29 is 23.9 Å². The Balaban J connectivity index is 1.86. The standard InChI is InChI=1S/C15H21NO4/c1-12(11-16-6-8-19-9-7-16)20-15(17)13-4-3-5-14(10-13)18-2/h3-5,10,12H,6-9,11H2,1-2H3/p+1. The average Bonchev–Trinajstić information content (AvgIpc) is 2.48. The monoisotopic (exact) mass is 280 g/mol. The van der Waals surface area contributed by atoms with Crippen LogP contribution in [-0.2, 0) is 9.47 Å². The Morgan fingerprint density at radius 1 is 1.40 bits per heavy atom. The van der Waals surface area contributed by atoms with Crippen LogP contribution in [0, 0.1) is 0 Å². The molecule has 2 rings (SSSR count). The third-order valence-corrected chi connectivity index (χ3v) is 3.39. The van der Waals surface area contributed by atoms with E-state index in [-0.39, 0.29) is 12.1 Å². The molecular weight excluding hydrogens is 258 g/mol. The Kier molecular flexibility index (Phi) is 5.38. The topological polar surface area (TPSA) is 49.2 Å². The lowest BCUT2D eigenvalue weighted by molar-refractivity contribution is -0.910. The van der Waals surface area contributed by atoms with Crippen LogP contribution in [-0.4, -0.2) is 52.0 Å². The van der Waals surface area contributed by atoms with Gasteiger partial charge in [0.25, 0.3) is 0 Å². The van der Waals surface area contributed by atoms with Crippen LogP contribution >= 0.6 is 0 Å². The van der Waals surface area contributed by atoms with Gasteiger partial charge in [-0.3, -0.25) is 0 Å². The molecule has 1 atom stereocenters. The number of hydrogen-bond donors (Lipinski definition) is 1. The number of benzene rings is 1. The summed E-state index contributed by atoms with van der Waals surface area (Å²) in [6, 6.07) is 7.02. The summed E-state index contributed by atoms with van der Waals surface area (Å²) in [5, 5.41) is 0. The second kappa shape index (κ2) is 7.26. The maximum atomic E-state index is 12.1. The van der Waals surface area contributed by atoms with Gasteiger partial charge in [-0.15, -0.1) is 0 Å². The highest BCUT2D eigenvalue weighted by Gasteiger charge is 2.20. The zero-order valence-electron chi connectivity index (χ0n) is 12.1. The summed E-state index contributed by atoms with van der Waals surface area (Å²) < 4.78 is 15.9. The molecule has 1 aromatic rings. The molecule has 0 aromatic heterocycles. The first-order valence-electron chi connectivity index (χ1n) is 6.95. The van der Waals surface area contributed by atoms with E-state index in [9.17, 15) is 4.79 Å². The van der Waals surface area contributed by atoms with Gasteiger partial charge in [-0.05, 0) is 25.1 Å². The summed E-state index contributed by atoms with van der Waals surface area (Å²) in [4.78, 5) is 13.5. The molecule has 1 unspecified atom stereocenters. The number of ether oxygens (including phenoxy) is 3. The number of quaternary nitrogens is 1. The lowest BCUT2D eigenvalue weighted by Crippen LogP contribution is -3.15. The zero-order valence-corrected chi connectivity index (χ0v) is 12.1. The number of esters is 1. The lowest BCUT2D eigenvalue weighted by atomic mass is 10.2. The van der Waals surface area contributed by atoms with Gasteiger partial charge in [0.05, 0.1) is 25.9 Å². The Morgan fingerprint density at radius 3 is 2.85 bits per heavy atom. The first-order chi connectivity index (χ1) is 9.69. The summed E-state index contributed by atoms with van der Waals surface area (Å²) >= 11 is 0. The molecule has 5 heteroatoms. The van der Waals surface area contributed by atoms with Crippen molar-refractivity contribution in [2.24, 2.45) is 0 Å². The lowest BCUT2D eigenvalue weighted by Gasteiger charge is -2.26. The van der Waals surface area contributed by atoms with Gasteiger partial charge in [0.1, 0.15) is 31.5 Å². The number of morpholine rings is 1. The van der Waals surface area contributed by atoms with Crippen molar-refractivity contribution in [3.63, 3.8) is 0 Å². The van der Waals surface area contributed by atoms with E-state index in [4.69, 9.17) is 14.2 Å². The van der Waals surface area contributed by atoms with Crippen molar-refractivity contribution in [1.82, 2.24) is 0 Å². The molecule has 5 nitrogen and oxygen atoms in total. The highest BCUT2D eigenvalue weighted by molar-refractivity contribution is 5.89. The van der Waals surface area contributed by atoms with Crippen LogP contribution in [0.15, 0.2) is 24.3 Å². The van der Waals surface area contributed by atoms with Gasteiger partial charge < -0.3 is 19.1 Å². The maximum absolute atomic E-state index is 12.1. The molecule has 1 N–H and O–H groups in total. The minimum absolute atomic E-state index is 0.109. The SMILES string of the molecule is COc1cccc(C(=O)OC(C)C[NH+]2CCOCC2)c1. The van der Waals surface area contributed by atoms with E-state index in [1.807, 2.05) is 6.92 Å². The predicted molar refractivity (Wildman–Crippen MR) is 74.3 cm³/mol. The molecule has 0 radical (unpaired) electrons. The van der Waals surface area contributed by atoms with Crippen molar-refractivity contribution in [3.05, 3.63) is 29.8 Å². The Morgan fingerprint density at radius 2 is 2.15 bits per heavy atom. The first-order valence-corrected chi connectivity index (χ1v) is 6.95. The van der Waals surface area contributed by atoms with E-state index in [2.05, 4.69) is 0 Å². The Labute approximate surface area is 119 Å². The van der Waals surface area contributed by atoms with Gasteiger partial charge >= 0.3 is 5.97 Å². The summed E-state index contributed by atoms with van der Waals surface area (Å²) in [6.45, 7) is 6.26. The fourth-order valence-electron chi connectivity index (χ4n) is 2.31. The predicted octanol–water partition coefficient (Wildman–Crippen LogP) is 0.156. The smallest absolute Gasteiger partial charge is 0.338 e. The van der Waals surface area contributed by atoms with Gasteiger partial charge in [0.2, 0.25) is 0 Å². The summed E-state index contributed by atoms with van der Waals surface area (Å²) in [5.41, 5.74) is 0.521. The molecule has 0 saturated carbocycles. The van der Waals surface area contributed by atoms with Crippen molar-refractivity contribution in [2.45, 2.75) is 13.0 Å². The van der Waals surface area contributed by atoms with Crippen molar-refractivity contribution in [1.29, 1.82) is 0 Å². The molecule has 1 saturated heterocycles. The highest BCUT2D eigenvalue weighted by Crippen LogP contribution is 2.13. The van der Waals surface area contributed by atoms with Crippen LogP contribution in [0.25, 0.3) is 0 Å². The molecule has 0 spiro atoms. The highest BCUT2D eigenvalue weighted by atomic mass is 16.5. The molecule has 1 heterocycles. The fraction of sp³-hybridized carbons (Fsp3) is 0.533. The molecule has 1 aromatic carbocycles. The van der Waals surface area contributed by atoms with Gasteiger partial charge in [0.15, 0.2) is 0 Å². The molecule has 0 amide bonds. The minimum Gasteiger partial charge on any atom is -0.497 e. The molecule has 20 heavy (non-hydrogen) atoms. The molecule has 0 aliphatic carbocycles. The van der Waals surface area contributed by atoms with E-state index in [0.29, 0.717) is 11.3 Å². The zero-order chi connectivity index (χ0) is 14.4. The Hall–Kier alpha value is -1.59. The summed E-state index contributed by atoms with van der Waals surface area (Å²) in [5.74, 6) is 0.356. The van der Waals surface area contributed by atoms with Crippen molar-refractivity contribution in [2.75, 3.05) is 40.0 Å². The largest absolute Gasteiger partial charge is 0.497 e. The van der Waals surface area contributed by atoms with E-state index >= 15 is 0 Å². The average molecular weight is 280 g/mol. The van der Waals surface area contributed by atoms with E-state index < -0.39 is 0 Å². The van der Waals surface area contributed by atoms with Crippen LogP contribution in [0.4, 0.5) is 0 Å². The van der Waals surface area contributed by atoms with Gasteiger partial charge in [-0.25, -0.2) is 4.79 Å². The molecule has 110 valence electrons. The number of carbonyl (C=O) groups excluding carboxylic acids is 1. The number of carbonyl (C=O) groups is 1. The van der Waals surface area contributed by atoms with Crippen LogP contribution in [0.1, 0.15) is 17.3 Å². The number of rotatable bonds is 5. The van der Waals surface area contributed by atoms with E-state index in [1.54, 1.807) is 31.4 Å². The van der Waals surface area contributed by atoms with Gasteiger partial charge in [-0.2, -0.15) is 0 Å². The molecule has 1 fully saturated rings. The van der Waals surface area contributed by atoms with Crippen LogP contribution < -0.4 is 9.64 Å². The first kappa shape index (κ1) is 14.8. The molecule has 1 aliphatic heterocycles. The Bertz CT molecular complexity index is 443. The summed E-state index contributed by atoms with van der Waals surface area (Å²) in [7, 11) is 1.58. The van der Waals surface area contributed by atoms with Gasteiger partial charge in [0, 0.05) is 0 Å². The van der Waals surface area contributed by atoms with Gasteiger partial charge in [-0.1, -0.05) is 6.07 Å². The second-order valence-electron chi connectivity index (χ2n) is 5.01. The minimum atomic E-state index is -0.302. The molecular formula is C15H22NO4+. The number of hydrogen-bond acceptors (Lipinski definition) is 4. The van der Waals surface area contributed by atoms with E-state index in [0.717, 1.165) is 32.8 Å². The third kappa shape index (κ3) is 4.21. The fourth-order valence-corrected chi connectivity index (χ4v) is 2.31. The third-order valence-electron chi connectivity index (χ3n) is 3.39. The van der Waals surface area contributed by atoms with Crippen molar-refractivity contribution >= 4 is 5.97 Å².